The highest BCUT2D eigenvalue weighted by Gasteiger charge is 2.10. The molecule has 2 aromatic carbocycles. The van der Waals surface area contributed by atoms with E-state index >= 15 is 0 Å². The fourth-order valence-electron chi connectivity index (χ4n) is 1.91. The number of halogens is 1. The van der Waals surface area contributed by atoms with Crippen molar-refractivity contribution in [2.75, 3.05) is 6.54 Å². The average Bonchev–Trinajstić information content (AvgIpc) is 2.48. The van der Waals surface area contributed by atoms with E-state index in [-0.39, 0.29) is 11.9 Å². The van der Waals surface area contributed by atoms with E-state index in [0.29, 0.717) is 12.1 Å². The Hall–Kier alpha value is -1.65. The molecule has 20 heavy (non-hydrogen) atoms. The second kappa shape index (κ2) is 6.68. The number of aryl methyl sites for hydroxylation is 1. The summed E-state index contributed by atoms with van der Waals surface area (Å²) in [6.45, 7) is 2.37. The average molecular weight is 333 g/mol. The highest BCUT2D eigenvalue weighted by atomic mass is 79.9. The minimum atomic E-state index is -0.198. The molecule has 1 amide bonds. The van der Waals surface area contributed by atoms with Gasteiger partial charge in [-0.15, -0.1) is 0 Å². The van der Waals surface area contributed by atoms with Crippen LogP contribution in [0.15, 0.2) is 53.0 Å². The van der Waals surface area contributed by atoms with Crippen molar-refractivity contribution in [1.82, 2.24) is 5.32 Å². The van der Waals surface area contributed by atoms with Crippen molar-refractivity contribution in [2.45, 2.75) is 13.0 Å². The number of amides is 1. The molecule has 3 nitrogen and oxygen atoms in total. The molecule has 104 valence electrons. The lowest BCUT2D eigenvalue weighted by molar-refractivity contribution is 0.0951. The van der Waals surface area contributed by atoms with E-state index in [4.69, 9.17) is 5.73 Å². The molecule has 0 saturated carbocycles. The fourth-order valence-corrected chi connectivity index (χ4v) is 2.16. The molecule has 0 spiro atoms. The van der Waals surface area contributed by atoms with Crippen LogP contribution in [0.1, 0.15) is 27.5 Å². The molecule has 0 bridgehead atoms. The maximum absolute atomic E-state index is 12.1. The van der Waals surface area contributed by atoms with E-state index in [1.807, 2.05) is 49.4 Å². The van der Waals surface area contributed by atoms with Gasteiger partial charge in [-0.25, -0.2) is 0 Å². The number of nitrogens with two attached hydrogens (primary N) is 1. The van der Waals surface area contributed by atoms with Crippen LogP contribution in [0.3, 0.4) is 0 Å². The molecule has 0 radical (unpaired) electrons. The Kier molecular flexibility index (Phi) is 4.93. The van der Waals surface area contributed by atoms with Gasteiger partial charge in [0, 0.05) is 22.6 Å². The Balaban J connectivity index is 1.97. The number of carbonyl (C=O) groups excluding carboxylic acids is 1. The Morgan fingerprint density at radius 1 is 1.25 bits per heavy atom. The molecule has 2 rings (SSSR count). The number of carbonyl (C=O) groups is 1. The third-order valence-electron chi connectivity index (χ3n) is 3.13. The maximum atomic E-state index is 12.1. The van der Waals surface area contributed by atoms with Crippen LogP contribution in [0.25, 0.3) is 0 Å². The predicted octanol–water partition coefficient (Wildman–Crippen LogP) is 3.19. The highest BCUT2D eigenvalue weighted by molar-refractivity contribution is 9.10. The molecule has 2 aromatic rings. The summed E-state index contributed by atoms with van der Waals surface area (Å²) in [7, 11) is 0. The summed E-state index contributed by atoms with van der Waals surface area (Å²) in [5.41, 5.74) is 8.74. The summed E-state index contributed by atoms with van der Waals surface area (Å²) in [5, 5.41) is 2.86. The van der Waals surface area contributed by atoms with E-state index in [0.717, 1.165) is 15.6 Å². The molecule has 0 aliphatic carbocycles. The van der Waals surface area contributed by atoms with Gasteiger partial charge in [0.05, 0.1) is 0 Å². The van der Waals surface area contributed by atoms with E-state index in [2.05, 4.69) is 21.2 Å². The van der Waals surface area contributed by atoms with E-state index in [9.17, 15) is 4.79 Å². The van der Waals surface area contributed by atoms with Crippen LogP contribution in [0.2, 0.25) is 0 Å². The van der Waals surface area contributed by atoms with Gasteiger partial charge in [-0.2, -0.15) is 0 Å². The largest absolute Gasteiger partial charge is 0.350 e. The minimum Gasteiger partial charge on any atom is -0.350 e. The van der Waals surface area contributed by atoms with Crippen LogP contribution in [0, 0.1) is 6.92 Å². The Labute approximate surface area is 127 Å². The highest BCUT2D eigenvalue weighted by Crippen LogP contribution is 2.17. The number of hydrogen-bond donors (Lipinski definition) is 2. The molecule has 0 saturated heterocycles. The topological polar surface area (TPSA) is 55.1 Å². The normalized spacial score (nSPS) is 11.9. The minimum absolute atomic E-state index is 0.105. The molecule has 0 fully saturated rings. The standard InChI is InChI=1S/C16H17BrN2O/c1-11-9-13(7-8-14(11)17)16(20)19-10-15(18)12-5-3-2-4-6-12/h2-9,15H,10,18H2,1H3,(H,19,20). The molecular weight excluding hydrogens is 316 g/mol. The maximum Gasteiger partial charge on any atom is 0.251 e. The van der Waals surface area contributed by atoms with Gasteiger partial charge in [0.1, 0.15) is 0 Å². The first kappa shape index (κ1) is 14.8. The van der Waals surface area contributed by atoms with E-state index in [1.165, 1.54) is 0 Å². The van der Waals surface area contributed by atoms with Gasteiger partial charge in [-0.1, -0.05) is 46.3 Å². The number of benzene rings is 2. The molecule has 1 unspecified atom stereocenters. The Bertz CT molecular complexity index is 599. The van der Waals surface area contributed by atoms with Gasteiger partial charge in [0.25, 0.3) is 5.91 Å². The molecule has 0 heterocycles. The first-order valence-electron chi connectivity index (χ1n) is 6.43. The van der Waals surface area contributed by atoms with Crippen molar-refractivity contribution >= 4 is 21.8 Å². The van der Waals surface area contributed by atoms with Crippen molar-refractivity contribution in [1.29, 1.82) is 0 Å². The third-order valence-corrected chi connectivity index (χ3v) is 4.02. The SMILES string of the molecule is Cc1cc(C(=O)NCC(N)c2ccccc2)ccc1Br. The summed E-state index contributed by atoms with van der Waals surface area (Å²) >= 11 is 3.42. The first-order chi connectivity index (χ1) is 9.58. The van der Waals surface area contributed by atoms with Gasteiger partial charge >= 0.3 is 0 Å². The molecule has 0 aliphatic rings. The van der Waals surface area contributed by atoms with Crippen molar-refractivity contribution in [3.05, 3.63) is 69.7 Å². The molecule has 3 N–H and O–H groups in total. The molecule has 1 atom stereocenters. The van der Waals surface area contributed by atoms with E-state index in [1.54, 1.807) is 6.07 Å². The number of rotatable bonds is 4. The van der Waals surface area contributed by atoms with Gasteiger partial charge in [0.15, 0.2) is 0 Å². The molecule has 4 heteroatoms. The van der Waals surface area contributed by atoms with Crippen LogP contribution in [-0.2, 0) is 0 Å². The van der Waals surface area contributed by atoms with Crippen molar-refractivity contribution in [2.24, 2.45) is 5.73 Å². The zero-order valence-corrected chi connectivity index (χ0v) is 12.9. The van der Waals surface area contributed by atoms with Crippen LogP contribution in [-0.4, -0.2) is 12.5 Å². The molecular formula is C16H17BrN2O. The summed E-state index contributed by atoms with van der Waals surface area (Å²) in [4.78, 5) is 12.1. The van der Waals surface area contributed by atoms with Gasteiger partial charge in [-0.3, -0.25) is 4.79 Å². The van der Waals surface area contributed by atoms with E-state index < -0.39 is 0 Å². The number of nitrogens with one attached hydrogen (secondary N) is 1. The third kappa shape index (κ3) is 3.68. The Morgan fingerprint density at radius 3 is 2.60 bits per heavy atom. The smallest absolute Gasteiger partial charge is 0.251 e. The lowest BCUT2D eigenvalue weighted by Gasteiger charge is -2.13. The zero-order valence-electron chi connectivity index (χ0n) is 11.3. The quantitative estimate of drug-likeness (QED) is 0.903. The van der Waals surface area contributed by atoms with Crippen molar-refractivity contribution in [3.63, 3.8) is 0 Å². The predicted molar refractivity (Wildman–Crippen MR) is 84.6 cm³/mol. The second-order valence-electron chi connectivity index (χ2n) is 4.69. The van der Waals surface area contributed by atoms with Crippen LogP contribution in [0.4, 0.5) is 0 Å². The number of hydrogen-bond acceptors (Lipinski definition) is 2. The van der Waals surface area contributed by atoms with Crippen molar-refractivity contribution < 1.29 is 4.79 Å². The monoisotopic (exact) mass is 332 g/mol. The first-order valence-corrected chi connectivity index (χ1v) is 7.22. The lowest BCUT2D eigenvalue weighted by Crippen LogP contribution is -2.31. The van der Waals surface area contributed by atoms with Gasteiger partial charge in [0.2, 0.25) is 0 Å². The lowest BCUT2D eigenvalue weighted by atomic mass is 10.1. The summed E-state index contributed by atoms with van der Waals surface area (Å²) in [6.07, 6.45) is 0. The van der Waals surface area contributed by atoms with Gasteiger partial charge < -0.3 is 11.1 Å². The van der Waals surface area contributed by atoms with Gasteiger partial charge in [-0.05, 0) is 36.2 Å². The summed E-state index contributed by atoms with van der Waals surface area (Å²) in [6, 6.07) is 15.1. The summed E-state index contributed by atoms with van der Waals surface area (Å²) < 4.78 is 0.995. The fraction of sp³-hybridized carbons (Fsp3) is 0.188. The second-order valence-corrected chi connectivity index (χ2v) is 5.55. The summed E-state index contributed by atoms with van der Waals surface area (Å²) in [5.74, 6) is -0.105. The van der Waals surface area contributed by atoms with Crippen molar-refractivity contribution in [3.8, 4) is 0 Å². The molecule has 0 aliphatic heterocycles. The van der Waals surface area contributed by atoms with Crippen LogP contribution < -0.4 is 11.1 Å². The van der Waals surface area contributed by atoms with Crippen LogP contribution >= 0.6 is 15.9 Å². The molecule has 0 aromatic heterocycles. The zero-order chi connectivity index (χ0) is 14.5. The van der Waals surface area contributed by atoms with Crippen LogP contribution in [0.5, 0.6) is 0 Å². The Morgan fingerprint density at radius 2 is 1.95 bits per heavy atom.